The van der Waals surface area contributed by atoms with Crippen molar-refractivity contribution in [3.63, 3.8) is 0 Å². The number of aryl methyl sites for hydroxylation is 1. The Kier molecular flexibility index (Phi) is 5.52. The minimum Gasteiger partial charge on any atom is -0.490 e. The van der Waals surface area contributed by atoms with E-state index < -0.39 is 5.60 Å². The molecule has 0 unspecified atom stereocenters. The summed E-state index contributed by atoms with van der Waals surface area (Å²) < 4.78 is 11.5. The first-order valence-electron chi connectivity index (χ1n) is 8.22. The van der Waals surface area contributed by atoms with Gasteiger partial charge in [-0.2, -0.15) is 0 Å². The van der Waals surface area contributed by atoms with Gasteiger partial charge < -0.3 is 20.1 Å². The highest BCUT2D eigenvalue weighted by molar-refractivity contribution is 5.68. The Morgan fingerprint density at radius 1 is 1.30 bits per heavy atom. The van der Waals surface area contributed by atoms with E-state index in [2.05, 4.69) is 0 Å². The van der Waals surface area contributed by atoms with Gasteiger partial charge in [0.2, 0.25) is 0 Å². The van der Waals surface area contributed by atoms with Gasteiger partial charge in [-0.05, 0) is 51.0 Å². The van der Waals surface area contributed by atoms with Gasteiger partial charge in [0.15, 0.2) is 0 Å². The fraction of sp³-hybridized carbons (Fsp3) is 0.611. The first-order valence-corrected chi connectivity index (χ1v) is 8.22. The van der Waals surface area contributed by atoms with Crippen molar-refractivity contribution < 1.29 is 14.3 Å². The Hall–Kier alpha value is -1.75. The zero-order valence-corrected chi connectivity index (χ0v) is 14.6. The first-order chi connectivity index (χ1) is 10.8. The van der Waals surface area contributed by atoms with E-state index >= 15 is 0 Å². The molecule has 1 fully saturated rings. The fourth-order valence-corrected chi connectivity index (χ4v) is 2.62. The van der Waals surface area contributed by atoms with Gasteiger partial charge in [-0.15, -0.1) is 0 Å². The monoisotopic (exact) mass is 320 g/mol. The minimum absolute atomic E-state index is 0.127. The Morgan fingerprint density at radius 3 is 2.52 bits per heavy atom. The lowest BCUT2D eigenvalue weighted by atomic mass is 10.1. The van der Waals surface area contributed by atoms with E-state index in [9.17, 15) is 4.79 Å². The van der Waals surface area contributed by atoms with E-state index in [1.165, 1.54) is 5.56 Å². The summed E-state index contributed by atoms with van der Waals surface area (Å²) in [5, 5.41) is 0. The smallest absolute Gasteiger partial charge is 0.410 e. The highest BCUT2D eigenvalue weighted by atomic mass is 16.6. The van der Waals surface area contributed by atoms with Gasteiger partial charge in [0.1, 0.15) is 17.5 Å². The number of amides is 1. The van der Waals surface area contributed by atoms with Crippen molar-refractivity contribution in [1.82, 2.24) is 4.90 Å². The van der Waals surface area contributed by atoms with Gasteiger partial charge in [-0.3, -0.25) is 0 Å². The van der Waals surface area contributed by atoms with Crippen molar-refractivity contribution in [2.75, 3.05) is 13.1 Å². The van der Waals surface area contributed by atoms with Crippen molar-refractivity contribution in [1.29, 1.82) is 0 Å². The van der Waals surface area contributed by atoms with E-state index in [1.807, 2.05) is 45.9 Å². The molecule has 0 aromatic heterocycles. The second-order valence-corrected chi connectivity index (χ2v) is 7.08. The molecule has 0 radical (unpaired) electrons. The number of hydrogen-bond donors (Lipinski definition) is 1. The molecular weight excluding hydrogens is 292 g/mol. The summed E-state index contributed by atoms with van der Waals surface area (Å²) in [6.07, 6.45) is 1.51. The first kappa shape index (κ1) is 17.6. The lowest BCUT2D eigenvalue weighted by Crippen LogP contribution is -2.44. The van der Waals surface area contributed by atoms with Crippen LogP contribution in [0.2, 0.25) is 0 Å². The molecule has 2 N–H and O–H groups in total. The fourth-order valence-electron chi connectivity index (χ4n) is 2.62. The number of carbonyl (C=O) groups is 1. The van der Waals surface area contributed by atoms with Crippen LogP contribution in [0, 0.1) is 6.92 Å². The van der Waals surface area contributed by atoms with Gasteiger partial charge in [-0.1, -0.05) is 6.07 Å². The molecule has 0 aliphatic carbocycles. The van der Waals surface area contributed by atoms with Crippen molar-refractivity contribution in [3.05, 3.63) is 29.3 Å². The summed E-state index contributed by atoms with van der Waals surface area (Å²) in [6, 6.07) is 6.03. The largest absolute Gasteiger partial charge is 0.490 e. The topological polar surface area (TPSA) is 64.8 Å². The molecule has 0 spiro atoms. The van der Waals surface area contributed by atoms with Crippen molar-refractivity contribution >= 4 is 6.09 Å². The van der Waals surface area contributed by atoms with Gasteiger partial charge in [0.25, 0.3) is 0 Å². The number of nitrogens with zero attached hydrogens (tertiary/aromatic N) is 1. The van der Waals surface area contributed by atoms with E-state index in [4.69, 9.17) is 15.2 Å². The average molecular weight is 320 g/mol. The molecule has 1 saturated heterocycles. The highest BCUT2D eigenvalue weighted by Crippen LogP contribution is 2.23. The van der Waals surface area contributed by atoms with Crippen LogP contribution >= 0.6 is 0 Å². The predicted octanol–water partition coefficient (Wildman–Crippen LogP) is 3.23. The molecule has 1 heterocycles. The van der Waals surface area contributed by atoms with Crippen molar-refractivity contribution in [2.45, 2.75) is 58.8 Å². The van der Waals surface area contributed by atoms with E-state index in [1.54, 1.807) is 4.90 Å². The van der Waals surface area contributed by atoms with Crippen LogP contribution in [0.15, 0.2) is 18.2 Å². The molecule has 1 amide bonds. The summed E-state index contributed by atoms with van der Waals surface area (Å²) in [4.78, 5) is 13.8. The molecular formula is C18H28N2O3. The molecule has 2 rings (SSSR count). The summed E-state index contributed by atoms with van der Waals surface area (Å²) in [5.74, 6) is 0.853. The number of nitrogens with two attached hydrogens (primary N) is 1. The number of ether oxygens (including phenoxy) is 2. The normalized spacial score (nSPS) is 16.3. The third-order valence-corrected chi connectivity index (χ3v) is 3.94. The second kappa shape index (κ2) is 7.21. The molecule has 128 valence electrons. The minimum atomic E-state index is -0.453. The Labute approximate surface area is 138 Å². The van der Waals surface area contributed by atoms with Crippen LogP contribution in [0.4, 0.5) is 4.79 Å². The average Bonchev–Trinajstić information content (AvgIpc) is 2.48. The van der Waals surface area contributed by atoms with Crippen molar-refractivity contribution in [3.8, 4) is 5.75 Å². The number of benzene rings is 1. The standard InChI is InChI=1S/C18H28N2O3/c1-13-5-6-16(11-14(13)12-19)22-15-7-9-20(10-8-15)17(21)23-18(2,3)4/h5-6,11,15H,7-10,12,19H2,1-4H3. The van der Waals surface area contributed by atoms with E-state index in [0.29, 0.717) is 19.6 Å². The quantitative estimate of drug-likeness (QED) is 0.928. The molecule has 0 saturated carbocycles. The van der Waals surface area contributed by atoms with Gasteiger partial charge in [-0.25, -0.2) is 4.79 Å². The maximum absolute atomic E-state index is 12.0. The van der Waals surface area contributed by atoms with Gasteiger partial charge >= 0.3 is 6.09 Å². The number of piperidine rings is 1. The molecule has 1 aliphatic heterocycles. The highest BCUT2D eigenvalue weighted by Gasteiger charge is 2.27. The summed E-state index contributed by atoms with van der Waals surface area (Å²) in [7, 11) is 0. The molecule has 1 aromatic carbocycles. The third-order valence-electron chi connectivity index (χ3n) is 3.94. The Morgan fingerprint density at radius 2 is 1.96 bits per heavy atom. The molecule has 5 heteroatoms. The molecule has 0 atom stereocenters. The summed E-state index contributed by atoms with van der Waals surface area (Å²) >= 11 is 0. The van der Waals surface area contributed by atoms with Gasteiger partial charge in [0.05, 0.1) is 0 Å². The SMILES string of the molecule is Cc1ccc(OC2CCN(C(=O)OC(C)(C)C)CC2)cc1CN. The zero-order valence-electron chi connectivity index (χ0n) is 14.6. The molecule has 1 aromatic rings. The maximum atomic E-state index is 12.0. The number of carbonyl (C=O) groups excluding carboxylic acids is 1. The zero-order chi connectivity index (χ0) is 17.0. The molecule has 23 heavy (non-hydrogen) atoms. The lowest BCUT2D eigenvalue weighted by molar-refractivity contribution is 0.0126. The van der Waals surface area contributed by atoms with Gasteiger partial charge in [0, 0.05) is 32.5 Å². The summed E-state index contributed by atoms with van der Waals surface area (Å²) in [6.45, 7) is 9.53. The molecule has 1 aliphatic rings. The predicted molar refractivity (Wildman–Crippen MR) is 90.5 cm³/mol. The van der Waals surface area contributed by atoms with Crippen LogP contribution in [0.5, 0.6) is 5.75 Å². The van der Waals surface area contributed by atoms with E-state index in [0.717, 1.165) is 24.2 Å². The van der Waals surface area contributed by atoms with Crippen LogP contribution in [0.1, 0.15) is 44.7 Å². The lowest BCUT2D eigenvalue weighted by Gasteiger charge is -2.33. The van der Waals surface area contributed by atoms with Crippen LogP contribution < -0.4 is 10.5 Å². The maximum Gasteiger partial charge on any atom is 0.410 e. The number of hydrogen-bond acceptors (Lipinski definition) is 4. The van der Waals surface area contributed by atoms with Crippen LogP contribution in [-0.2, 0) is 11.3 Å². The van der Waals surface area contributed by atoms with Crippen LogP contribution in [0.25, 0.3) is 0 Å². The van der Waals surface area contributed by atoms with Crippen molar-refractivity contribution in [2.24, 2.45) is 5.73 Å². The Balaban J connectivity index is 1.86. The molecule has 0 bridgehead atoms. The van der Waals surface area contributed by atoms with Crippen LogP contribution in [-0.4, -0.2) is 35.8 Å². The number of rotatable bonds is 3. The third kappa shape index (κ3) is 5.13. The second-order valence-electron chi connectivity index (χ2n) is 7.08. The van der Waals surface area contributed by atoms with Crippen LogP contribution in [0.3, 0.4) is 0 Å². The molecule has 5 nitrogen and oxygen atoms in total. The Bertz CT molecular complexity index is 544. The number of likely N-dealkylation sites (tertiary alicyclic amines) is 1. The van der Waals surface area contributed by atoms with E-state index in [-0.39, 0.29) is 12.2 Å². The summed E-state index contributed by atoms with van der Waals surface area (Å²) in [5.41, 5.74) is 7.57.